The summed E-state index contributed by atoms with van der Waals surface area (Å²) in [7, 11) is -3.44. The van der Waals surface area contributed by atoms with Gasteiger partial charge in [-0.15, -0.1) is 0 Å². The lowest BCUT2D eigenvalue weighted by Crippen LogP contribution is -2.27. The molecule has 0 aliphatic carbocycles. The van der Waals surface area contributed by atoms with Gasteiger partial charge in [0, 0.05) is 29.9 Å². The van der Waals surface area contributed by atoms with Crippen LogP contribution < -0.4 is 10.6 Å². The van der Waals surface area contributed by atoms with E-state index >= 15 is 0 Å². The van der Waals surface area contributed by atoms with Crippen molar-refractivity contribution in [3.05, 3.63) is 66.7 Å². The van der Waals surface area contributed by atoms with Crippen LogP contribution in [0.1, 0.15) is 12.8 Å². The van der Waals surface area contributed by atoms with Gasteiger partial charge in [-0.05, 0) is 48.6 Å². The number of fused-ring (bicyclic) bond motifs is 1. The molecule has 1 saturated heterocycles. The van der Waals surface area contributed by atoms with Crippen LogP contribution >= 0.6 is 0 Å². The molecule has 0 bridgehead atoms. The molecule has 1 amide bonds. The number of nitrogens with zero attached hydrogens (tertiary/aromatic N) is 1. The van der Waals surface area contributed by atoms with E-state index in [1.807, 2.05) is 42.5 Å². The van der Waals surface area contributed by atoms with Gasteiger partial charge < -0.3 is 10.6 Å². The van der Waals surface area contributed by atoms with Crippen molar-refractivity contribution in [1.82, 2.24) is 4.31 Å². The SMILES string of the molecule is O=C(CNc1cccc2ccccc12)Nc1ccc(S(=O)(=O)N2CCCC2)cc1. The van der Waals surface area contributed by atoms with Crippen LogP contribution in [-0.4, -0.2) is 38.3 Å². The molecule has 1 fully saturated rings. The lowest BCUT2D eigenvalue weighted by Gasteiger charge is -2.15. The highest BCUT2D eigenvalue weighted by atomic mass is 32.2. The van der Waals surface area contributed by atoms with Crippen LogP contribution in [0.2, 0.25) is 0 Å². The quantitative estimate of drug-likeness (QED) is 0.651. The molecule has 29 heavy (non-hydrogen) atoms. The summed E-state index contributed by atoms with van der Waals surface area (Å²) < 4.78 is 26.6. The van der Waals surface area contributed by atoms with Gasteiger partial charge in [0.25, 0.3) is 0 Å². The second kappa shape index (κ2) is 8.23. The summed E-state index contributed by atoms with van der Waals surface area (Å²) in [6.07, 6.45) is 1.80. The van der Waals surface area contributed by atoms with E-state index in [-0.39, 0.29) is 17.3 Å². The summed E-state index contributed by atoms with van der Waals surface area (Å²) in [5.41, 5.74) is 1.46. The average Bonchev–Trinajstić information content (AvgIpc) is 3.28. The maximum atomic E-state index is 12.6. The maximum absolute atomic E-state index is 12.6. The van der Waals surface area contributed by atoms with Gasteiger partial charge in [0.1, 0.15) is 0 Å². The first-order valence-electron chi connectivity index (χ1n) is 9.66. The van der Waals surface area contributed by atoms with Crippen LogP contribution in [0.15, 0.2) is 71.6 Å². The molecule has 0 saturated carbocycles. The van der Waals surface area contributed by atoms with E-state index in [1.54, 1.807) is 24.3 Å². The molecule has 1 heterocycles. The van der Waals surface area contributed by atoms with Crippen molar-refractivity contribution in [1.29, 1.82) is 0 Å². The minimum Gasteiger partial charge on any atom is -0.376 e. The highest BCUT2D eigenvalue weighted by Gasteiger charge is 2.26. The van der Waals surface area contributed by atoms with Gasteiger partial charge in [-0.1, -0.05) is 36.4 Å². The van der Waals surface area contributed by atoms with Crippen molar-refractivity contribution in [2.24, 2.45) is 0 Å². The molecule has 150 valence electrons. The Morgan fingerprint density at radius 1 is 0.897 bits per heavy atom. The molecule has 0 spiro atoms. The van der Waals surface area contributed by atoms with Crippen molar-refractivity contribution in [3.8, 4) is 0 Å². The Labute approximate surface area is 170 Å². The Morgan fingerprint density at radius 2 is 1.59 bits per heavy atom. The first-order valence-corrected chi connectivity index (χ1v) is 11.1. The molecule has 3 aromatic rings. The number of carbonyl (C=O) groups is 1. The van der Waals surface area contributed by atoms with E-state index in [0.29, 0.717) is 18.8 Å². The van der Waals surface area contributed by atoms with Crippen molar-refractivity contribution < 1.29 is 13.2 Å². The molecule has 2 N–H and O–H groups in total. The van der Waals surface area contributed by atoms with Gasteiger partial charge in [0.05, 0.1) is 11.4 Å². The standard InChI is InChI=1S/C22H23N3O3S/c26-22(16-23-21-9-5-7-17-6-1-2-8-20(17)21)24-18-10-12-19(13-11-18)29(27,28)25-14-3-4-15-25/h1-2,5-13,23H,3-4,14-16H2,(H,24,26). The van der Waals surface area contributed by atoms with Crippen LogP contribution in [0.25, 0.3) is 10.8 Å². The Morgan fingerprint density at radius 3 is 2.34 bits per heavy atom. The van der Waals surface area contributed by atoms with Crippen LogP contribution in [-0.2, 0) is 14.8 Å². The fraction of sp³-hybridized carbons (Fsp3) is 0.227. The lowest BCUT2D eigenvalue weighted by atomic mass is 10.1. The van der Waals surface area contributed by atoms with Gasteiger partial charge in [-0.3, -0.25) is 4.79 Å². The van der Waals surface area contributed by atoms with E-state index < -0.39 is 10.0 Å². The van der Waals surface area contributed by atoms with Crippen molar-refractivity contribution >= 4 is 38.1 Å². The number of carbonyl (C=O) groups excluding carboxylic acids is 1. The summed E-state index contributed by atoms with van der Waals surface area (Å²) in [5, 5.41) is 8.12. The number of nitrogens with one attached hydrogen (secondary N) is 2. The zero-order chi connectivity index (χ0) is 20.3. The summed E-state index contributed by atoms with van der Waals surface area (Å²) in [5.74, 6) is -0.201. The van der Waals surface area contributed by atoms with Crippen LogP contribution in [0, 0.1) is 0 Å². The topological polar surface area (TPSA) is 78.5 Å². The molecule has 6 nitrogen and oxygen atoms in total. The molecular formula is C22H23N3O3S. The number of benzene rings is 3. The zero-order valence-corrected chi connectivity index (χ0v) is 16.8. The number of hydrogen-bond donors (Lipinski definition) is 2. The molecule has 0 aromatic heterocycles. The predicted octanol–water partition coefficient (Wildman–Crippen LogP) is 3.67. The Bertz CT molecular complexity index is 1120. The molecule has 7 heteroatoms. The molecule has 1 aliphatic heterocycles. The van der Waals surface area contributed by atoms with E-state index in [0.717, 1.165) is 29.3 Å². The van der Waals surface area contributed by atoms with Crippen molar-refractivity contribution in [3.63, 3.8) is 0 Å². The number of anilines is 2. The van der Waals surface area contributed by atoms with E-state index in [1.165, 1.54) is 4.31 Å². The molecule has 1 aliphatic rings. The van der Waals surface area contributed by atoms with Gasteiger partial charge >= 0.3 is 0 Å². The van der Waals surface area contributed by atoms with Gasteiger partial charge in [-0.2, -0.15) is 4.31 Å². The predicted molar refractivity (Wildman–Crippen MR) is 116 cm³/mol. The van der Waals surface area contributed by atoms with Crippen molar-refractivity contribution in [2.45, 2.75) is 17.7 Å². The smallest absolute Gasteiger partial charge is 0.243 e. The zero-order valence-electron chi connectivity index (χ0n) is 16.0. The molecule has 0 unspecified atom stereocenters. The third kappa shape index (κ3) is 4.26. The minimum atomic E-state index is -3.44. The highest BCUT2D eigenvalue weighted by Crippen LogP contribution is 2.23. The van der Waals surface area contributed by atoms with E-state index in [2.05, 4.69) is 10.6 Å². The van der Waals surface area contributed by atoms with Crippen molar-refractivity contribution in [2.75, 3.05) is 30.3 Å². The molecular weight excluding hydrogens is 386 g/mol. The largest absolute Gasteiger partial charge is 0.376 e. The molecule has 3 aromatic carbocycles. The average molecular weight is 410 g/mol. The van der Waals surface area contributed by atoms with Gasteiger partial charge in [0.15, 0.2) is 0 Å². The molecule has 0 radical (unpaired) electrons. The summed E-state index contributed by atoms with van der Waals surface area (Å²) in [4.78, 5) is 12.6. The first kappa shape index (κ1) is 19.4. The Balaban J connectivity index is 1.38. The molecule has 0 atom stereocenters. The fourth-order valence-corrected chi connectivity index (χ4v) is 5.07. The van der Waals surface area contributed by atoms with E-state index in [4.69, 9.17) is 0 Å². The first-order chi connectivity index (χ1) is 14.0. The van der Waals surface area contributed by atoms with Gasteiger partial charge in [-0.25, -0.2) is 8.42 Å². The number of sulfonamides is 1. The van der Waals surface area contributed by atoms with Crippen LogP contribution in [0.5, 0.6) is 0 Å². The second-order valence-electron chi connectivity index (χ2n) is 7.06. The molecule has 4 rings (SSSR count). The minimum absolute atomic E-state index is 0.113. The third-order valence-corrected chi connectivity index (χ3v) is 6.98. The van der Waals surface area contributed by atoms with Crippen LogP contribution in [0.4, 0.5) is 11.4 Å². The Kier molecular flexibility index (Phi) is 5.51. The summed E-state index contributed by atoms with van der Waals surface area (Å²) in [6.45, 7) is 1.25. The Hall–Kier alpha value is -2.90. The number of rotatable bonds is 6. The fourth-order valence-electron chi connectivity index (χ4n) is 3.55. The van der Waals surface area contributed by atoms with Crippen LogP contribution in [0.3, 0.4) is 0 Å². The maximum Gasteiger partial charge on any atom is 0.243 e. The monoisotopic (exact) mass is 409 g/mol. The number of amides is 1. The second-order valence-corrected chi connectivity index (χ2v) is 9.00. The lowest BCUT2D eigenvalue weighted by molar-refractivity contribution is -0.114. The van der Waals surface area contributed by atoms with E-state index in [9.17, 15) is 13.2 Å². The normalized spacial score (nSPS) is 14.8. The van der Waals surface area contributed by atoms with Gasteiger partial charge in [0.2, 0.25) is 15.9 Å². The number of hydrogen-bond acceptors (Lipinski definition) is 4. The third-order valence-electron chi connectivity index (χ3n) is 5.07. The highest BCUT2D eigenvalue weighted by molar-refractivity contribution is 7.89. The summed E-state index contributed by atoms with van der Waals surface area (Å²) >= 11 is 0. The summed E-state index contributed by atoms with van der Waals surface area (Å²) in [6, 6.07) is 20.2.